The van der Waals surface area contributed by atoms with Gasteiger partial charge in [0.1, 0.15) is 5.75 Å². The van der Waals surface area contributed by atoms with Gasteiger partial charge in [0, 0.05) is 11.4 Å². The predicted octanol–water partition coefficient (Wildman–Crippen LogP) is 5.21. The van der Waals surface area contributed by atoms with Gasteiger partial charge in [-0.3, -0.25) is 9.52 Å². The van der Waals surface area contributed by atoms with Crippen LogP contribution in [-0.4, -0.2) is 20.4 Å². The smallest absolute Gasteiger partial charge is 0.265 e. The molecule has 3 aromatic carbocycles. The Hall–Kier alpha value is -3.32. The first-order valence-corrected chi connectivity index (χ1v) is 11.9. The van der Waals surface area contributed by atoms with Crippen LogP contribution in [0.4, 0.5) is 11.4 Å². The Morgan fingerprint density at radius 1 is 0.875 bits per heavy atom. The summed E-state index contributed by atoms with van der Waals surface area (Å²) >= 11 is 0. The van der Waals surface area contributed by atoms with Crippen molar-refractivity contribution < 1.29 is 17.9 Å². The average Bonchev–Trinajstić information content (AvgIpc) is 2.76. The number of carbonyl (C=O) groups excluding carboxylic acids is 1. The molecule has 1 atom stereocenters. The highest BCUT2D eigenvalue weighted by atomic mass is 32.2. The molecular formula is C25H28N2O4S. The van der Waals surface area contributed by atoms with Crippen molar-refractivity contribution in [3.63, 3.8) is 0 Å². The van der Waals surface area contributed by atoms with E-state index in [0.29, 0.717) is 23.5 Å². The minimum atomic E-state index is -3.73. The topological polar surface area (TPSA) is 84.5 Å². The monoisotopic (exact) mass is 452 g/mol. The van der Waals surface area contributed by atoms with Crippen LogP contribution >= 0.6 is 0 Å². The lowest BCUT2D eigenvalue weighted by molar-refractivity contribution is -0.122. The molecule has 7 heteroatoms. The number of sulfonamides is 1. The number of carbonyl (C=O) groups is 1. The predicted molar refractivity (Wildman–Crippen MR) is 128 cm³/mol. The molecule has 0 spiro atoms. The zero-order valence-electron chi connectivity index (χ0n) is 18.7. The SMILES string of the molecule is CC[C@@H](Oc1ccc(C)c(C)c1)C(=O)Nc1ccc(S(=O)(=O)Nc2ccc(C)cc2)cc1. The van der Waals surface area contributed by atoms with Crippen LogP contribution < -0.4 is 14.8 Å². The molecule has 0 heterocycles. The number of nitrogens with one attached hydrogen (secondary N) is 2. The summed E-state index contributed by atoms with van der Waals surface area (Å²) in [4.78, 5) is 12.8. The maximum atomic E-state index is 12.7. The van der Waals surface area contributed by atoms with Crippen molar-refractivity contribution in [3.05, 3.63) is 83.4 Å². The molecule has 168 valence electrons. The van der Waals surface area contributed by atoms with E-state index in [1.807, 2.05) is 58.0 Å². The van der Waals surface area contributed by atoms with Crippen molar-refractivity contribution in [1.82, 2.24) is 0 Å². The molecule has 0 aliphatic carbocycles. The number of anilines is 2. The number of hydrogen-bond acceptors (Lipinski definition) is 4. The summed E-state index contributed by atoms with van der Waals surface area (Å²) < 4.78 is 33.6. The van der Waals surface area contributed by atoms with Crippen molar-refractivity contribution in [2.24, 2.45) is 0 Å². The van der Waals surface area contributed by atoms with Gasteiger partial charge in [0.2, 0.25) is 0 Å². The zero-order chi connectivity index (χ0) is 23.3. The second-order valence-electron chi connectivity index (χ2n) is 7.75. The molecule has 0 saturated heterocycles. The maximum absolute atomic E-state index is 12.7. The van der Waals surface area contributed by atoms with Crippen LogP contribution in [0.3, 0.4) is 0 Å². The quantitative estimate of drug-likeness (QED) is 0.491. The van der Waals surface area contributed by atoms with E-state index in [0.717, 1.165) is 16.7 Å². The highest BCUT2D eigenvalue weighted by Gasteiger charge is 2.20. The maximum Gasteiger partial charge on any atom is 0.265 e. The van der Waals surface area contributed by atoms with Crippen LogP contribution in [0.2, 0.25) is 0 Å². The van der Waals surface area contributed by atoms with Gasteiger partial charge in [0.05, 0.1) is 4.90 Å². The molecule has 0 radical (unpaired) electrons. The summed E-state index contributed by atoms with van der Waals surface area (Å²) in [6.07, 6.45) is -0.171. The van der Waals surface area contributed by atoms with Gasteiger partial charge in [-0.05, 0) is 86.8 Å². The molecule has 0 fully saturated rings. The lowest BCUT2D eigenvalue weighted by Gasteiger charge is -2.18. The summed E-state index contributed by atoms with van der Waals surface area (Å²) in [5.74, 6) is 0.345. The molecule has 2 N–H and O–H groups in total. The van der Waals surface area contributed by atoms with Crippen LogP contribution in [0.5, 0.6) is 5.75 Å². The minimum absolute atomic E-state index is 0.106. The molecule has 3 rings (SSSR count). The lowest BCUT2D eigenvalue weighted by atomic mass is 10.1. The van der Waals surface area contributed by atoms with Crippen LogP contribution in [-0.2, 0) is 14.8 Å². The standard InChI is InChI=1S/C25H28N2O4S/c1-5-24(31-22-13-8-18(3)19(4)16-22)25(28)26-20-11-14-23(15-12-20)32(29,30)27-21-9-6-17(2)7-10-21/h6-16,24,27H,5H2,1-4H3,(H,26,28)/t24-/m1/s1. The Balaban J connectivity index is 1.66. The molecule has 0 aliphatic rings. The van der Waals surface area contributed by atoms with E-state index >= 15 is 0 Å². The first kappa shape index (κ1) is 23.3. The Kier molecular flexibility index (Phi) is 7.20. The van der Waals surface area contributed by atoms with Crippen molar-refractivity contribution in [3.8, 4) is 5.75 Å². The van der Waals surface area contributed by atoms with Crippen molar-refractivity contribution >= 4 is 27.3 Å². The molecule has 6 nitrogen and oxygen atoms in total. The summed E-state index contributed by atoms with van der Waals surface area (Å²) in [6.45, 7) is 7.81. The Bertz CT molecular complexity index is 1190. The summed E-state index contributed by atoms with van der Waals surface area (Å²) in [5, 5.41) is 2.79. The van der Waals surface area contributed by atoms with Crippen LogP contribution in [0.15, 0.2) is 71.6 Å². The fourth-order valence-electron chi connectivity index (χ4n) is 3.05. The third kappa shape index (κ3) is 5.88. The van der Waals surface area contributed by atoms with Crippen molar-refractivity contribution in [1.29, 1.82) is 0 Å². The Morgan fingerprint density at radius 3 is 2.09 bits per heavy atom. The van der Waals surface area contributed by atoms with E-state index in [-0.39, 0.29) is 10.8 Å². The first-order chi connectivity index (χ1) is 15.2. The van der Waals surface area contributed by atoms with Crippen molar-refractivity contribution in [2.45, 2.75) is 45.1 Å². The largest absolute Gasteiger partial charge is 0.481 e. The Morgan fingerprint density at radius 2 is 1.50 bits per heavy atom. The fourth-order valence-corrected chi connectivity index (χ4v) is 4.11. The molecule has 1 amide bonds. The van der Waals surface area contributed by atoms with E-state index in [2.05, 4.69) is 10.0 Å². The van der Waals surface area contributed by atoms with Gasteiger partial charge in [-0.25, -0.2) is 8.42 Å². The number of aryl methyl sites for hydroxylation is 3. The molecule has 0 aliphatic heterocycles. The third-order valence-electron chi connectivity index (χ3n) is 5.16. The van der Waals surface area contributed by atoms with E-state index in [4.69, 9.17) is 4.74 Å². The van der Waals surface area contributed by atoms with Crippen molar-refractivity contribution in [2.75, 3.05) is 10.0 Å². The van der Waals surface area contributed by atoms with Crippen LogP contribution in [0.1, 0.15) is 30.0 Å². The number of amides is 1. The molecule has 0 saturated carbocycles. The summed E-state index contributed by atoms with van der Waals surface area (Å²) in [5.41, 5.74) is 4.27. The third-order valence-corrected chi connectivity index (χ3v) is 6.55. The van der Waals surface area contributed by atoms with Gasteiger partial charge < -0.3 is 10.1 Å². The van der Waals surface area contributed by atoms with Crippen LogP contribution in [0, 0.1) is 20.8 Å². The number of hydrogen-bond donors (Lipinski definition) is 2. The fraction of sp³-hybridized carbons (Fsp3) is 0.240. The number of ether oxygens (including phenoxy) is 1. The summed E-state index contributed by atoms with van der Waals surface area (Å²) in [6, 6.07) is 18.8. The van der Waals surface area contributed by atoms with Gasteiger partial charge in [0.25, 0.3) is 15.9 Å². The van der Waals surface area contributed by atoms with E-state index < -0.39 is 16.1 Å². The normalized spacial score (nSPS) is 12.1. The van der Waals surface area contributed by atoms with E-state index in [1.54, 1.807) is 24.3 Å². The molecular weight excluding hydrogens is 424 g/mol. The second kappa shape index (κ2) is 9.87. The number of benzene rings is 3. The highest BCUT2D eigenvalue weighted by Crippen LogP contribution is 2.21. The van der Waals surface area contributed by atoms with Crippen LogP contribution in [0.25, 0.3) is 0 Å². The van der Waals surface area contributed by atoms with Gasteiger partial charge in [-0.2, -0.15) is 0 Å². The molecule has 32 heavy (non-hydrogen) atoms. The van der Waals surface area contributed by atoms with Gasteiger partial charge in [-0.15, -0.1) is 0 Å². The lowest BCUT2D eigenvalue weighted by Crippen LogP contribution is -2.32. The molecule has 0 unspecified atom stereocenters. The van der Waals surface area contributed by atoms with Gasteiger partial charge >= 0.3 is 0 Å². The Labute approximate surface area is 189 Å². The van der Waals surface area contributed by atoms with E-state index in [9.17, 15) is 13.2 Å². The summed E-state index contributed by atoms with van der Waals surface area (Å²) in [7, 11) is -3.73. The molecule has 3 aromatic rings. The first-order valence-electron chi connectivity index (χ1n) is 10.4. The number of rotatable bonds is 8. The second-order valence-corrected chi connectivity index (χ2v) is 9.43. The van der Waals surface area contributed by atoms with Gasteiger partial charge in [0.15, 0.2) is 6.10 Å². The van der Waals surface area contributed by atoms with E-state index in [1.165, 1.54) is 12.1 Å². The zero-order valence-corrected chi connectivity index (χ0v) is 19.5. The highest BCUT2D eigenvalue weighted by molar-refractivity contribution is 7.92. The van der Waals surface area contributed by atoms with Gasteiger partial charge in [-0.1, -0.05) is 30.7 Å². The molecule has 0 bridgehead atoms. The molecule has 0 aromatic heterocycles. The average molecular weight is 453 g/mol. The minimum Gasteiger partial charge on any atom is -0.481 e.